The first-order valence-corrected chi connectivity index (χ1v) is 17.5. The van der Waals surface area contributed by atoms with Crippen LogP contribution in [0.3, 0.4) is 0 Å². The number of hydrogen-bond donors (Lipinski definition) is 0. The van der Waals surface area contributed by atoms with Crippen LogP contribution < -0.4 is 0 Å². The number of fused-ring (bicyclic) bond motifs is 1. The minimum Gasteiger partial charge on any atom is -0.379 e. The van der Waals surface area contributed by atoms with Crippen LogP contribution in [0.4, 0.5) is 0 Å². The average Bonchev–Trinajstić information content (AvgIpc) is 3.30. The highest BCUT2D eigenvalue weighted by molar-refractivity contribution is 14.1. The Morgan fingerprint density at radius 3 is 1.09 bits per heavy atom. The van der Waals surface area contributed by atoms with Gasteiger partial charge in [0.05, 0.1) is 130 Å². The van der Waals surface area contributed by atoms with Gasteiger partial charge in [0.2, 0.25) is 0 Å². The molecule has 0 unspecified atom stereocenters. The van der Waals surface area contributed by atoms with Gasteiger partial charge in [-0.1, -0.05) is 47.6 Å². The molecular formula is C32H52INO11. The Labute approximate surface area is 281 Å². The van der Waals surface area contributed by atoms with Crippen molar-refractivity contribution in [3.05, 3.63) is 35.4 Å². The molecule has 0 radical (unpaired) electrons. The standard InChI is InChI=1S/C32H52INO11/c33-9-5-1-2-6-11-37-13-15-39-17-19-41-21-23-43-25-27-45-28-26-44-24-22-42-20-18-40-16-14-38-12-10-34-31(35)29-7-3-4-8-30(29)32(34)36/h3-4,7-8H,1-2,5-6,9-28H2. The third-order valence-corrected chi connectivity index (χ3v) is 7.25. The number of rotatable bonds is 33. The molecule has 1 heterocycles. The highest BCUT2D eigenvalue weighted by Crippen LogP contribution is 2.21. The van der Waals surface area contributed by atoms with E-state index in [1.807, 2.05) is 0 Å². The first kappa shape index (κ1) is 39.9. The highest BCUT2D eigenvalue weighted by Gasteiger charge is 2.34. The van der Waals surface area contributed by atoms with Crippen molar-refractivity contribution < 1.29 is 52.2 Å². The zero-order valence-corrected chi connectivity index (χ0v) is 28.8. The van der Waals surface area contributed by atoms with Gasteiger partial charge in [-0.3, -0.25) is 14.5 Å². The van der Waals surface area contributed by atoms with Gasteiger partial charge in [0.25, 0.3) is 11.8 Å². The van der Waals surface area contributed by atoms with E-state index in [4.69, 9.17) is 42.6 Å². The second kappa shape index (κ2) is 28.9. The maximum Gasteiger partial charge on any atom is 0.261 e. The summed E-state index contributed by atoms with van der Waals surface area (Å²) >= 11 is 2.42. The number of amides is 2. The number of hydrogen-bond acceptors (Lipinski definition) is 11. The van der Waals surface area contributed by atoms with E-state index in [0.717, 1.165) is 13.0 Å². The molecule has 45 heavy (non-hydrogen) atoms. The van der Waals surface area contributed by atoms with Crippen molar-refractivity contribution in [3.63, 3.8) is 0 Å². The Morgan fingerprint density at radius 1 is 0.422 bits per heavy atom. The van der Waals surface area contributed by atoms with E-state index in [-0.39, 0.29) is 25.0 Å². The van der Waals surface area contributed by atoms with Gasteiger partial charge < -0.3 is 42.6 Å². The van der Waals surface area contributed by atoms with E-state index in [1.165, 1.54) is 28.6 Å². The first-order chi connectivity index (χ1) is 22.3. The number of ether oxygens (including phenoxy) is 9. The predicted molar refractivity (Wildman–Crippen MR) is 177 cm³/mol. The lowest BCUT2D eigenvalue weighted by Crippen LogP contribution is -2.33. The maximum absolute atomic E-state index is 12.3. The van der Waals surface area contributed by atoms with Gasteiger partial charge in [0.1, 0.15) is 0 Å². The van der Waals surface area contributed by atoms with Crippen LogP contribution in [0.1, 0.15) is 46.4 Å². The smallest absolute Gasteiger partial charge is 0.261 e. The van der Waals surface area contributed by atoms with Crippen molar-refractivity contribution in [2.75, 3.05) is 130 Å². The average molecular weight is 754 g/mol. The summed E-state index contributed by atoms with van der Waals surface area (Å²) in [6, 6.07) is 6.83. The van der Waals surface area contributed by atoms with Crippen LogP contribution in [0.2, 0.25) is 0 Å². The Morgan fingerprint density at radius 2 is 0.733 bits per heavy atom. The van der Waals surface area contributed by atoms with Gasteiger partial charge in [0, 0.05) is 6.61 Å². The molecule has 1 aliphatic heterocycles. The predicted octanol–water partition coefficient (Wildman–Crippen LogP) is 3.43. The summed E-state index contributed by atoms with van der Waals surface area (Å²) < 4.78 is 50.6. The van der Waals surface area contributed by atoms with E-state index < -0.39 is 0 Å². The first-order valence-electron chi connectivity index (χ1n) is 16.0. The lowest BCUT2D eigenvalue weighted by molar-refractivity contribution is -0.0252. The van der Waals surface area contributed by atoms with E-state index in [1.54, 1.807) is 24.3 Å². The molecule has 0 saturated heterocycles. The van der Waals surface area contributed by atoms with Crippen molar-refractivity contribution in [1.82, 2.24) is 4.90 Å². The van der Waals surface area contributed by atoms with Crippen molar-refractivity contribution in [2.45, 2.75) is 25.7 Å². The van der Waals surface area contributed by atoms with E-state index in [9.17, 15) is 9.59 Å². The lowest BCUT2D eigenvalue weighted by Gasteiger charge is -2.13. The summed E-state index contributed by atoms with van der Waals surface area (Å²) in [5, 5.41) is 0. The lowest BCUT2D eigenvalue weighted by atomic mass is 10.1. The molecule has 1 aromatic rings. The second-order valence-electron chi connectivity index (χ2n) is 9.92. The van der Waals surface area contributed by atoms with Gasteiger partial charge in [-0.2, -0.15) is 0 Å². The number of benzene rings is 1. The summed E-state index contributed by atoms with van der Waals surface area (Å²) in [7, 11) is 0. The molecule has 2 amide bonds. The molecule has 258 valence electrons. The molecule has 0 bridgehead atoms. The van der Waals surface area contributed by atoms with Crippen molar-refractivity contribution in [1.29, 1.82) is 0 Å². The monoisotopic (exact) mass is 753 g/mol. The molecule has 2 rings (SSSR count). The fourth-order valence-corrected chi connectivity index (χ4v) is 4.65. The molecule has 0 atom stereocenters. The minimum absolute atomic E-state index is 0.219. The van der Waals surface area contributed by atoms with Crippen LogP contribution in [0, 0.1) is 0 Å². The Hall–Kier alpha value is -1.27. The summed E-state index contributed by atoms with van der Waals surface area (Å²) in [6.07, 6.45) is 4.96. The molecule has 0 aromatic heterocycles. The third-order valence-electron chi connectivity index (χ3n) is 6.49. The van der Waals surface area contributed by atoms with Gasteiger partial charge in [-0.15, -0.1) is 0 Å². The molecule has 0 spiro atoms. The topological polar surface area (TPSA) is 120 Å². The quantitative estimate of drug-likeness (QED) is 0.0455. The van der Waals surface area contributed by atoms with Crippen LogP contribution in [0.5, 0.6) is 0 Å². The molecule has 12 nitrogen and oxygen atoms in total. The van der Waals surface area contributed by atoms with Gasteiger partial charge in [-0.05, 0) is 29.4 Å². The zero-order chi connectivity index (χ0) is 32.0. The van der Waals surface area contributed by atoms with Crippen LogP contribution in [0.25, 0.3) is 0 Å². The zero-order valence-electron chi connectivity index (χ0n) is 26.6. The number of carbonyl (C=O) groups excluding carboxylic acids is 2. The number of imide groups is 1. The number of carbonyl (C=O) groups is 2. The molecule has 0 N–H and O–H groups in total. The van der Waals surface area contributed by atoms with Crippen LogP contribution in [-0.4, -0.2) is 147 Å². The van der Waals surface area contributed by atoms with Crippen LogP contribution in [0.15, 0.2) is 24.3 Å². The number of nitrogens with zero attached hydrogens (tertiary/aromatic N) is 1. The van der Waals surface area contributed by atoms with E-state index >= 15 is 0 Å². The summed E-state index contributed by atoms with van der Waals surface area (Å²) in [5.41, 5.74) is 0.891. The number of unbranched alkanes of at least 4 members (excludes halogenated alkanes) is 3. The fourth-order valence-electron chi connectivity index (χ4n) is 4.11. The molecule has 0 fully saturated rings. The normalized spacial score (nSPS) is 12.9. The maximum atomic E-state index is 12.3. The van der Waals surface area contributed by atoms with Crippen LogP contribution >= 0.6 is 22.6 Å². The molecule has 0 saturated carbocycles. The molecule has 1 aromatic carbocycles. The van der Waals surface area contributed by atoms with E-state index in [0.29, 0.717) is 117 Å². The fraction of sp³-hybridized carbons (Fsp3) is 0.750. The SMILES string of the molecule is O=C1c2ccccc2C(=O)N1CCOCCOCCOCCOCCOCCOCCOCCOCCOCCCCCCI. The van der Waals surface area contributed by atoms with Gasteiger partial charge in [-0.25, -0.2) is 0 Å². The highest BCUT2D eigenvalue weighted by atomic mass is 127. The Kier molecular flexibility index (Phi) is 25.6. The van der Waals surface area contributed by atoms with Crippen molar-refractivity contribution >= 4 is 34.4 Å². The van der Waals surface area contributed by atoms with Crippen molar-refractivity contribution in [2.24, 2.45) is 0 Å². The Balaban J connectivity index is 1.19. The van der Waals surface area contributed by atoms with E-state index in [2.05, 4.69) is 22.6 Å². The molecule has 0 aliphatic carbocycles. The minimum atomic E-state index is -0.274. The Bertz CT molecular complexity index is 844. The summed E-state index contributed by atoms with van der Waals surface area (Å²) in [6.45, 7) is 9.32. The van der Waals surface area contributed by atoms with Gasteiger partial charge >= 0.3 is 0 Å². The third kappa shape index (κ3) is 19.9. The van der Waals surface area contributed by atoms with Crippen molar-refractivity contribution in [3.8, 4) is 0 Å². The molecular weight excluding hydrogens is 701 g/mol. The summed E-state index contributed by atoms with van der Waals surface area (Å²) in [5.74, 6) is -0.547. The largest absolute Gasteiger partial charge is 0.379 e. The summed E-state index contributed by atoms with van der Waals surface area (Å²) in [4.78, 5) is 25.8. The number of alkyl halides is 1. The molecule has 1 aliphatic rings. The van der Waals surface area contributed by atoms with Crippen LogP contribution in [-0.2, 0) is 42.6 Å². The molecule has 13 heteroatoms. The number of halogens is 1. The second-order valence-corrected chi connectivity index (χ2v) is 11.0. The van der Waals surface area contributed by atoms with Gasteiger partial charge in [0.15, 0.2) is 0 Å².